The summed E-state index contributed by atoms with van der Waals surface area (Å²) in [7, 11) is 0. The summed E-state index contributed by atoms with van der Waals surface area (Å²) in [5, 5.41) is 13.2. The highest BCUT2D eigenvalue weighted by Crippen LogP contribution is 2.40. The number of anilines is 1. The van der Waals surface area contributed by atoms with Crippen molar-refractivity contribution in [2.45, 2.75) is 44.1 Å². The molecule has 2 N–H and O–H groups in total. The second-order valence-corrected chi connectivity index (χ2v) is 5.67. The van der Waals surface area contributed by atoms with Gasteiger partial charge in [-0.1, -0.05) is 0 Å². The van der Waals surface area contributed by atoms with E-state index in [0.717, 1.165) is 41.0 Å². The van der Waals surface area contributed by atoms with Crippen LogP contribution >= 0.6 is 11.8 Å². The van der Waals surface area contributed by atoms with Gasteiger partial charge in [0.05, 0.1) is 0 Å². The van der Waals surface area contributed by atoms with E-state index >= 15 is 0 Å². The molecule has 0 atom stereocenters. The van der Waals surface area contributed by atoms with E-state index < -0.39 is 0 Å². The standard InChI is InChI=1S/C13H21N3OS/c1-3-14-11-9(2)13(18-8-4-7-17)16-12(15-11)10-5-6-10/h10,17H,3-8H2,1-2H3,(H,14,15,16). The summed E-state index contributed by atoms with van der Waals surface area (Å²) in [6.45, 7) is 5.27. The average Bonchev–Trinajstić information content (AvgIpc) is 3.18. The van der Waals surface area contributed by atoms with Crippen molar-refractivity contribution in [3.05, 3.63) is 11.4 Å². The lowest BCUT2D eigenvalue weighted by Crippen LogP contribution is -2.07. The van der Waals surface area contributed by atoms with Gasteiger partial charge in [0, 0.05) is 30.4 Å². The van der Waals surface area contributed by atoms with Gasteiger partial charge in [-0.25, -0.2) is 9.97 Å². The van der Waals surface area contributed by atoms with Crippen LogP contribution in [0.15, 0.2) is 5.03 Å². The zero-order chi connectivity index (χ0) is 13.0. The van der Waals surface area contributed by atoms with Crippen molar-refractivity contribution in [2.24, 2.45) is 0 Å². The molecule has 0 bridgehead atoms. The number of aliphatic hydroxyl groups is 1. The molecular formula is C13H21N3OS. The van der Waals surface area contributed by atoms with Gasteiger partial charge in [0.15, 0.2) is 0 Å². The molecule has 1 aromatic rings. The lowest BCUT2D eigenvalue weighted by molar-refractivity contribution is 0.296. The molecule has 4 nitrogen and oxygen atoms in total. The molecule has 0 saturated heterocycles. The Bertz CT molecular complexity index is 407. The molecule has 0 aliphatic heterocycles. The number of nitrogens with one attached hydrogen (secondary N) is 1. The molecule has 1 aliphatic carbocycles. The summed E-state index contributed by atoms with van der Waals surface area (Å²) >= 11 is 1.72. The Morgan fingerprint density at radius 2 is 2.17 bits per heavy atom. The lowest BCUT2D eigenvalue weighted by atomic mass is 10.3. The van der Waals surface area contributed by atoms with Crippen molar-refractivity contribution < 1.29 is 5.11 Å². The molecule has 0 aromatic carbocycles. The number of aromatic nitrogens is 2. The molecule has 0 radical (unpaired) electrons. The van der Waals surface area contributed by atoms with E-state index in [-0.39, 0.29) is 6.61 Å². The molecule has 1 heterocycles. The van der Waals surface area contributed by atoms with E-state index in [0.29, 0.717) is 5.92 Å². The molecule has 1 aromatic heterocycles. The van der Waals surface area contributed by atoms with E-state index in [4.69, 9.17) is 5.11 Å². The zero-order valence-electron chi connectivity index (χ0n) is 11.1. The third kappa shape index (κ3) is 3.36. The maximum Gasteiger partial charge on any atom is 0.135 e. The van der Waals surface area contributed by atoms with Crippen LogP contribution in [0.3, 0.4) is 0 Å². The highest BCUT2D eigenvalue weighted by molar-refractivity contribution is 7.99. The van der Waals surface area contributed by atoms with Gasteiger partial charge < -0.3 is 10.4 Å². The smallest absolute Gasteiger partial charge is 0.135 e. The quantitative estimate of drug-likeness (QED) is 0.452. The van der Waals surface area contributed by atoms with Crippen molar-refractivity contribution in [3.63, 3.8) is 0 Å². The Morgan fingerprint density at radius 3 is 2.78 bits per heavy atom. The Hall–Kier alpha value is -0.810. The first-order valence-electron chi connectivity index (χ1n) is 6.62. The molecule has 100 valence electrons. The molecule has 1 saturated carbocycles. The summed E-state index contributed by atoms with van der Waals surface area (Å²) in [5.41, 5.74) is 1.13. The highest BCUT2D eigenvalue weighted by atomic mass is 32.2. The van der Waals surface area contributed by atoms with Crippen LogP contribution < -0.4 is 5.32 Å². The topological polar surface area (TPSA) is 58.0 Å². The number of hydrogen-bond donors (Lipinski definition) is 2. The minimum Gasteiger partial charge on any atom is -0.396 e. The molecule has 0 amide bonds. The van der Waals surface area contributed by atoms with Crippen molar-refractivity contribution in [1.82, 2.24) is 9.97 Å². The van der Waals surface area contributed by atoms with Gasteiger partial charge in [-0.2, -0.15) is 0 Å². The molecule has 0 spiro atoms. The monoisotopic (exact) mass is 267 g/mol. The summed E-state index contributed by atoms with van der Waals surface area (Å²) in [6.07, 6.45) is 3.24. The number of hydrogen-bond acceptors (Lipinski definition) is 5. The van der Waals surface area contributed by atoms with Crippen molar-refractivity contribution in [2.75, 3.05) is 24.2 Å². The molecule has 1 fully saturated rings. The van der Waals surface area contributed by atoms with Crippen LogP contribution in [-0.2, 0) is 0 Å². The fourth-order valence-corrected chi connectivity index (χ4v) is 2.69. The Labute approximate surface area is 113 Å². The summed E-state index contributed by atoms with van der Waals surface area (Å²) in [5.74, 6) is 3.44. The predicted molar refractivity (Wildman–Crippen MR) is 75.3 cm³/mol. The molecule has 18 heavy (non-hydrogen) atoms. The van der Waals surface area contributed by atoms with E-state index in [1.54, 1.807) is 11.8 Å². The Kier molecular flexibility index (Phi) is 4.83. The largest absolute Gasteiger partial charge is 0.396 e. The van der Waals surface area contributed by atoms with Gasteiger partial charge in [-0.15, -0.1) is 11.8 Å². The van der Waals surface area contributed by atoms with Crippen LogP contribution in [0.2, 0.25) is 0 Å². The molecule has 0 unspecified atom stereocenters. The second-order valence-electron chi connectivity index (χ2n) is 4.59. The van der Waals surface area contributed by atoms with Crippen molar-refractivity contribution >= 4 is 17.6 Å². The Morgan fingerprint density at radius 1 is 1.39 bits per heavy atom. The van der Waals surface area contributed by atoms with Crippen LogP contribution in [0.4, 0.5) is 5.82 Å². The van der Waals surface area contributed by atoms with Gasteiger partial charge in [0.1, 0.15) is 16.7 Å². The summed E-state index contributed by atoms with van der Waals surface area (Å²) in [6, 6.07) is 0. The van der Waals surface area contributed by atoms with Gasteiger partial charge in [0.2, 0.25) is 0 Å². The first-order valence-corrected chi connectivity index (χ1v) is 7.60. The van der Waals surface area contributed by atoms with Crippen molar-refractivity contribution in [3.8, 4) is 0 Å². The normalized spacial score (nSPS) is 14.8. The van der Waals surface area contributed by atoms with Gasteiger partial charge in [-0.05, 0) is 33.1 Å². The van der Waals surface area contributed by atoms with Gasteiger partial charge in [0.25, 0.3) is 0 Å². The van der Waals surface area contributed by atoms with Crippen LogP contribution in [-0.4, -0.2) is 34.0 Å². The van der Waals surface area contributed by atoms with Crippen molar-refractivity contribution in [1.29, 1.82) is 0 Å². The minimum absolute atomic E-state index is 0.243. The maximum absolute atomic E-state index is 8.85. The van der Waals surface area contributed by atoms with E-state index in [1.807, 2.05) is 0 Å². The van der Waals surface area contributed by atoms with E-state index in [9.17, 15) is 0 Å². The fourth-order valence-electron chi connectivity index (χ4n) is 1.75. The first-order chi connectivity index (χ1) is 8.76. The molecule has 2 rings (SSSR count). The van der Waals surface area contributed by atoms with Crippen LogP contribution in [0, 0.1) is 6.92 Å². The number of aliphatic hydroxyl groups excluding tert-OH is 1. The first kappa shape index (κ1) is 13.6. The van der Waals surface area contributed by atoms with E-state index in [1.165, 1.54) is 12.8 Å². The number of nitrogens with zero attached hydrogens (tertiary/aromatic N) is 2. The van der Waals surface area contributed by atoms with Crippen LogP contribution in [0.1, 0.15) is 43.5 Å². The number of thioether (sulfide) groups is 1. The average molecular weight is 267 g/mol. The molecule has 1 aliphatic rings. The highest BCUT2D eigenvalue weighted by Gasteiger charge is 2.28. The summed E-state index contributed by atoms with van der Waals surface area (Å²) < 4.78 is 0. The Balaban J connectivity index is 2.18. The third-order valence-corrected chi connectivity index (χ3v) is 4.11. The third-order valence-electron chi connectivity index (χ3n) is 2.95. The van der Waals surface area contributed by atoms with Crippen LogP contribution in [0.25, 0.3) is 0 Å². The SMILES string of the molecule is CCNc1nc(C2CC2)nc(SCCCO)c1C. The molecular weight excluding hydrogens is 246 g/mol. The zero-order valence-corrected chi connectivity index (χ0v) is 11.9. The lowest BCUT2D eigenvalue weighted by Gasteiger charge is -2.12. The summed E-state index contributed by atoms with van der Waals surface area (Å²) in [4.78, 5) is 9.31. The van der Waals surface area contributed by atoms with Gasteiger partial charge >= 0.3 is 0 Å². The fraction of sp³-hybridized carbons (Fsp3) is 0.692. The van der Waals surface area contributed by atoms with E-state index in [2.05, 4.69) is 29.1 Å². The predicted octanol–water partition coefficient (Wildman–Crippen LogP) is 2.57. The van der Waals surface area contributed by atoms with Gasteiger partial charge in [-0.3, -0.25) is 0 Å². The maximum atomic E-state index is 8.85. The minimum atomic E-state index is 0.243. The van der Waals surface area contributed by atoms with Crippen LogP contribution in [0.5, 0.6) is 0 Å². The second kappa shape index (κ2) is 6.38. The number of rotatable bonds is 7. The molecule has 5 heteroatoms.